The van der Waals surface area contributed by atoms with Crippen LogP contribution >= 0.6 is 0 Å². The van der Waals surface area contributed by atoms with E-state index in [9.17, 15) is 22.4 Å². The third-order valence-corrected chi connectivity index (χ3v) is 8.80. The van der Waals surface area contributed by atoms with E-state index in [2.05, 4.69) is 5.32 Å². The van der Waals surface area contributed by atoms with Gasteiger partial charge in [0.05, 0.1) is 6.04 Å². The molecule has 7 nitrogen and oxygen atoms in total. The Morgan fingerprint density at radius 3 is 2.42 bits per heavy atom. The van der Waals surface area contributed by atoms with E-state index in [0.717, 1.165) is 17.0 Å². The Balaban J connectivity index is 1.61. The topological polar surface area (TPSA) is 86.8 Å². The summed E-state index contributed by atoms with van der Waals surface area (Å²) in [6.07, 6.45) is 1.05. The molecular weight excluding hydrogens is 452 g/mol. The average Bonchev–Trinajstić information content (AvgIpc) is 3.11. The number of hydrogen-bond donors (Lipinski definition) is 1. The number of benzene rings is 2. The molecule has 2 heterocycles. The first-order valence-corrected chi connectivity index (χ1v) is 12.2. The summed E-state index contributed by atoms with van der Waals surface area (Å²) in [4.78, 5) is 24.4. The van der Waals surface area contributed by atoms with Gasteiger partial charge in [-0.2, -0.15) is 4.31 Å². The molecule has 1 N–H and O–H groups in total. The molecule has 10 heteroatoms. The summed E-state index contributed by atoms with van der Waals surface area (Å²) in [7, 11) is -3.80. The zero-order chi connectivity index (χ0) is 23.9. The number of rotatable bonds is 5. The van der Waals surface area contributed by atoms with Crippen LogP contribution in [0.1, 0.15) is 54.7 Å². The monoisotopic (exact) mass is 477 g/mol. The first-order chi connectivity index (χ1) is 15.6. The van der Waals surface area contributed by atoms with Crippen molar-refractivity contribution in [1.82, 2.24) is 14.5 Å². The molecule has 3 amide bonds. The molecule has 0 bridgehead atoms. The maximum absolute atomic E-state index is 15.0. The summed E-state index contributed by atoms with van der Waals surface area (Å²) in [6.45, 7) is 2.71. The highest BCUT2D eigenvalue weighted by Gasteiger charge is 2.41. The molecule has 0 spiro atoms. The molecular formula is C23H25F2N3O4S. The standard InChI is InChI=1S/C23H25F2N3O4S/c1-14-8-9-21(16-6-4-3-5-7-16)33(31,32)28(14)12-17-10-20(25)18(11-19(17)24)15(2)27-13-22(29)26-23(27)30/h3-7,10-11,14-15,21H,8-9,12-13H2,1-2H3,(H,26,29,30)/t14-,15?,21+/m0/s1. The number of hydrogen-bond acceptors (Lipinski definition) is 4. The van der Waals surface area contributed by atoms with E-state index in [0.29, 0.717) is 18.4 Å². The largest absolute Gasteiger partial charge is 0.325 e. The number of carbonyl (C=O) groups is 2. The zero-order valence-corrected chi connectivity index (χ0v) is 19.1. The summed E-state index contributed by atoms with van der Waals surface area (Å²) in [5, 5.41) is 1.36. The van der Waals surface area contributed by atoms with E-state index >= 15 is 4.39 Å². The fraction of sp³-hybridized carbons (Fsp3) is 0.391. The van der Waals surface area contributed by atoms with Crippen molar-refractivity contribution in [2.75, 3.05) is 6.54 Å². The lowest BCUT2D eigenvalue weighted by molar-refractivity contribution is -0.118. The van der Waals surface area contributed by atoms with Gasteiger partial charge in [-0.05, 0) is 44.4 Å². The molecule has 176 valence electrons. The van der Waals surface area contributed by atoms with Crippen LogP contribution in [0.3, 0.4) is 0 Å². The van der Waals surface area contributed by atoms with Crippen molar-refractivity contribution in [3.05, 3.63) is 70.8 Å². The lowest BCUT2D eigenvalue weighted by Crippen LogP contribution is -2.44. The van der Waals surface area contributed by atoms with Crippen molar-refractivity contribution in [1.29, 1.82) is 0 Å². The second kappa shape index (κ2) is 8.83. The Hall–Kier alpha value is -2.85. The lowest BCUT2D eigenvalue weighted by atomic mass is 10.0. The summed E-state index contributed by atoms with van der Waals surface area (Å²) >= 11 is 0. The Labute approximate surface area is 191 Å². The predicted octanol–water partition coefficient (Wildman–Crippen LogP) is 3.63. The minimum absolute atomic E-state index is 0.0854. The number of nitrogens with zero attached hydrogens (tertiary/aromatic N) is 2. The van der Waals surface area contributed by atoms with Gasteiger partial charge in [-0.3, -0.25) is 10.1 Å². The van der Waals surface area contributed by atoms with E-state index in [-0.39, 0.29) is 30.3 Å². The number of nitrogens with one attached hydrogen (secondary N) is 1. The molecule has 3 atom stereocenters. The third-order valence-electron chi connectivity index (χ3n) is 6.43. The molecule has 0 radical (unpaired) electrons. The molecule has 2 aliphatic heterocycles. The van der Waals surface area contributed by atoms with Crippen LogP contribution in [-0.2, 0) is 21.4 Å². The Morgan fingerprint density at radius 1 is 1.09 bits per heavy atom. The Bertz CT molecular complexity index is 1190. The van der Waals surface area contributed by atoms with Crippen LogP contribution < -0.4 is 5.32 Å². The number of urea groups is 1. The second-order valence-electron chi connectivity index (χ2n) is 8.54. The van der Waals surface area contributed by atoms with Crippen LogP contribution in [0.25, 0.3) is 0 Å². The average molecular weight is 478 g/mol. The second-order valence-corrected chi connectivity index (χ2v) is 10.6. The molecule has 2 aromatic carbocycles. The van der Waals surface area contributed by atoms with Crippen molar-refractivity contribution in [3.63, 3.8) is 0 Å². The summed E-state index contributed by atoms with van der Waals surface area (Å²) in [6, 6.07) is 8.91. The summed E-state index contributed by atoms with van der Waals surface area (Å²) in [5.74, 6) is -2.05. The van der Waals surface area contributed by atoms with Crippen molar-refractivity contribution in [2.24, 2.45) is 0 Å². The zero-order valence-electron chi connectivity index (χ0n) is 18.3. The van der Waals surface area contributed by atoms with Gasteiger partial charge in [0.15, 0.2) is 0 Å². The van der Waals surface area contributed by atoms with E-state index in [4.69, 9.17) is 0 Å². The van der Waals surface area contributed by atoms with Crippen LogP contribution in [0.4, 0.5) is 13.6 Å². The maximum Gasteiger partial charge on any atom is 0.325 e. The number of sulfonamides is 1. The van der Waals surface area contributed by atoms with Gasteiger partial charge in [0.2, 0.25) is 15.9 Å². The van der Waals surface area contributed by atoms with Gasteiger partial charge in [-0.15, -0.1) is 0 Å². The van der Waals surface area contributed by atoms with Crippen molar-refractivity contribution >= 4 is 22.0 Å². The quantitative estimate of drug-likeness (QED) is 0.667. The van der Waals surface area contributed by atoms with Crippen LogP contribution in [0.2, 0.25) is 0 Å². The van der Waals surface area contributed by atoms with Crippen molar-refractivity contribution < 1.29 is 26.8 Å². The first kappa shape index (κ1) is 23.3. The normalized spacial score (nSPS) is 24.1. The van der Waals surface area contributed by atoms with Crippen LogP contribution in [0.5, 0.6) is 0 Å². The van der Waals surface area contributed by atoms with Gasteiger partial charge in [-0.1, -0.05) is 30.3 Å². The highest BCUT2D eigenvalue weighted by Crippen LogP contribution is 2.38. The fourth-order valence-corrected chi connectivity index (χ4v) is 6.69. The third kappa shape index (κ3) is 4.37. The van der Waals surface area contributed by atoms with E-state index in [1.807, 2.05) is 6.07 Å². The Kier molecular flexibility index (Phi) is 6.24. The molecule has 0 aromatic heterocycles. The number of imide groups is 1. The van der Waals surface area contributed by atoms with Gasteiger partial charge in [0.25, 0.3) is 0 Å². The van der Waals surface area contributed by atoms with Crippen LogP contribution in [0, 0.1) is 11.6 Å². The fourth-order valence-electron chi connectivity index (χ4n) is 4.50. The minimum atomic E-state index is -3.80. The van der Waals surface area contributed by atoms with Gasteiger partial charge in [-0.25, -0.2) is 22.0 Å². The maximum atomic E-state index is 15.0. The smallest absolute Gasteiger partial charge is 0.308 e. The highest BCUT2D eigenvalue weighted by molar-refractivity contribution is 7.89. The van der Waals surface area contributed by atoms with Gasteiger partial charge in [0, 0.05) is 23.7 Å². The van der Waals surface area contributed by atoms with Gasteiger partial charge in [0.1, 0.15) is 23.4 Å². The van der Waals surface area contributed by atoms with Gasteiger partial charge >= 0.3 is 6.03 Å². The SMILES string of the molecule is CC(c1cc(F)c(CN2[C@@H](C)CC[C@H](c3ccccc3)S2(=O)=O)cc1F)N1CC(=O)NC1=O. The molecule has 2 aromatic rings. The van der Waals surface area contributed by atoms with Crippen LogP contribution in [0.15, 0.2) is 42.5 Å². The summed E-state index contributed by atoms with van der Waals surface area (Å²) in [5.41, 5.74) is 0.496. The highest BCUT2D eigenvalue weighted by atomic mass is 32.2. The van der Waals surface area contributed by atoms with Crippen molar-refractivity contribution in [2.45, 2.75) is 50.6 Å². The molecule has 4 rings (SSSR count). The number of carbonyl (C=O) groups excluding carboxylic acids is 2. The van der Waals surface area contributed by atoms with Crippen molar-refractivity contribution in [3.8, 4) is 0 Å². The molecule has 2 fully saturated rings. The van der Waals surface area contributed by atoms with Gasteiger partial charge < -0.3 is 4.90 Å². The minimum Gasteiger partial charge on any atom is -0.308 e. The van der Waals surface area contributed by atoms with E-state index in [1.54, 1.807) is 31.2 Å². The first-order valence-electron chi connectivity index (χ1n) is 10.7. The molecule has 1 unspecified atom stereocenters. The Morgan fingerprint density at radius 2 is 1.79 bits per heavy atom. The molecule has 0 saturated carbocycles. The van der Waals surface area contributed by atoms with Crippen LogP contribution in [-0.4, -0.2) is 42.1 Å². The molecule has 2 aliphatic rings. The molecule has 33 heavy (non-hydrogen) atoms. The number of amides is 3. The summed E-state index contributed by atoms with van der Waals surface area (Å²) < 4.78 is 58.0. The molecule has 0 aliphatic carbocycles. The predicted molar refractivity (Wildman–Crippen MR) is 117 cm³/mol. The lowest BCUT2D eigenvalue weighted by Gasteiger charge is -2.37. The number of halogens is 2. The molecule has 2 saturated heterocycles. The van der Waals surface area contributed by atoms with E-state index < -0.39 is 44.9 Å². The van der Waals surface area contributed by atoms with E-state index in [1.165, 1.54) is 11.2 Å².